The SMILES string of the molecule is CCc1nc(CNC(=NC)NC2CC=CC2)cs1.I. The molecule has 0 saturated carbocycles. The first-order chi connectivity index (χ1) is 8.81. The fourth-order valence-corrected chi connectivity index (χ4v) is 2.63. The maximum Gasteiger partial charge on any atom is 0.191 e. The fourth-order valence-electron chi connectivity index (χ4n) is 1.89. The van der Waals surface area contributed by atoms with E-state index in [-0.39, 0.29) is 24.0 Å². The summed E-state index contributed by atoms with van der Waals surface area (Å²) in [5, 5.41) is 10.0. The van der Waals surface area contributed by atoms with Gasteiger partial charge in [0.15, 0.2) is 5.96 Å². The van der Waals surface area contributed by atoms with Crippen LogP contribution in [0.4, 0.5) is 0 Å². The van der Waals surface area contributed by atoms with Crippen molar-refractivity contribution in [1.29, 1.82) is 0 Å². The molecule has 0 fully saturated rings. The Morgan fingerprint density at radius 3 is 2.79 bits per heavy atom. The summed E-state index contributed by atoms with van der Waals surface area (Å²) in [4.78, 5) is 8.76. The van der Waals surface area contributed by atoms with Crippen molar-refractivity contribution in [2.75, 3.05) is 7.05 Å². The number of halogens is 1. The monoisotopic (exact) mass is 392 g/mol. The fraction of sp³-hybridized carbons (Fsp3) is 0.538. The van der Waals surface area contributed by atoms with Gasteiger partial charge in [0.2, 0.25) is 0 Å². The van der Waals surface area contributed by atoms with Crippen molar-refractivity contribution < 1.29 is 0 Å². The van der Waals surface area contributed by atoms with Gasteiger partial charge in [-0.3, -0.25) is 4.99 Å². The molecule has 0 amide bonds. The quantitative estimate of drug-likeness (QED) is 0.359. The van der Waals surface area contributed by atoms with Crippen LogP contribution in [0.25, 0.3) is 0 Å². The van der Waals surface area contributed by atoms with Gasteiger partial charge in [-0.15, -0.1) is 35.3 Å². The van der Waals surface area contributed by atoms with Crippen LogP contribution in [0.2, 0.25) is 0 Å². The molecule has 2 rings (SSSR count). The normalized spacial score (nSPS) is 15.4. The molecule has 0 aliphatic heterocycles. The van der Waals surface area contributed by atoms with E-state index in [2.05, 4.69) is 45.1 Å². The lowest BCUT2D eigenvalue weighted by Gasteiger charge is -2.16. The molecule has 0 saturated heterocycles. The predicted octanol–water partition coefficient (Wildman–Crippen LogP) is 2.71. The highest BCUT2D eigenvalue weighted by Crippen LogP contribution is 2.10. The number of aromatic nitrogens is 1. The van der Waals surface area contributed by atoms with Gasteiger partial charge in [-0.2, -0.15) is 0 Å². The smallest absolute Gasteiger partial charge is 0.191 e. The Morgan fingerprint density at radius 1 is 1.47 bits per heavy atom. The minimum atomic E-state index is 0. The first kappa shape index (κ1) is 16.4. The molecule has 2 N–H and O–H groups in total. The van der Waals surface area contributed by atoms with Crippen LogP contribution < -0.4 is 10.6 Å². The molecule has 0 bridgehead atoms. The summed E-state index contributed by atoms with van der Waals surface area (Å²) in [6.45, 7) is 2.86. The molecule has 0 radical (unpaired) electrons. The third-order valence-electron chi connectivity index (χ3n) is 2.91. The van der Waals surface area contributed by atoms with E-state index in [9.17, 15) is 0 Å². The molecule has 19 heavy (non-hydrogen) atoms. The summed E-state index contributed by atoms with van der Waals surface area (Å²) >= 11 is 1.72. The molecule has 0 atom stereocenters. The number of aryl methyl sites for hydroxylation is 1. The van der Waals surface area contributed by atoms with Crippen LogP contribution in [-0.2, 0) is 13.0 Å². The Bertz CT molecular complexity index is 434. The molecule has 4 nitrogen and oxygen atoms in total. The molecule has 1 aliphatic carbocycles. The Balaban J connectivity index is 0.00000180. The van der Waals surface area contributed by atoms with E-state index in [1.807, 2.05) is 0 Å². The van der Waals surface area contributed by atoms with E-state index >= 15 is 0 Å². The van der Waals surface area contributed by atoms with E-state index in [0.29, 0.717) is 6.04 Å². The number of aliphatic imine (C=N–C) groups is 1. The number of guanidine groups is 1. The summed E-state index contributed by atoms with van der Waals surface area (Å²) in [6.07, 6.45) is 7.58. The summed E-state index contributed by atoms with van der Waals surface area (Å²) in [5.41, 5.74) is 1.09. The third kappa shape index (κ3) is 5.10. The number of nitrogens with one attached hydrogen (secondary N) is 2. The van der Waals surface area contributed by atoms with Crippen LogP contribution in [0.5, 0.6) is 0 Å². The van der Waals surface area contributed by atoms with Crippen LogP contribution in [0.15, 0.2) is 22.5 Å². The van der Waals surface area contributed by atoms with Gasteiger partial charge in [-0.25, -0.2) is 4.98 Å². The second kappa shape index (κ2) is 8.52. The first-order valence-corrected chi connectivity index (χ1v) is 7.25. The highest BCUT2D eigenvalue weighted by molar-refractivity contribution is 14.0. The average Bonchev–Trinajstić information content (AvgIpc) is 3.05. The van der Waals surface area contributed by atoms with E-state index < -0.39 is 0 Å². The lowest BCUT2D eigenvalue weighted by molar-refractivity contribution is 0.632. The van der Waals surface area contributed by atoms with Gasteiger partial charge >= 0.3 is 0 Å². The zero-order valence-electron chi connectivity index (χ0n) is 11.3. The van der Waals surface area contributed by atoms with E-state index in [4.69, 9.17) is 0 Å². The maximum absolute atomic E-state index is 4.53. The highest BCUT2D eigenvalue weighted by atomic mass is 127. The Morgan fingerprint density at radius 2 is 2.21 bits per heavy atom. The number of thiazole rings is 1. The summed E-state index contributed by atoms with van der Waals surface area (Å²) in [6, 6.07) is 0.484. The molecule has 1 heterocycles. The molecule has 1 aromatic rings. The molecule has 0 unspecified atom stereocenters. The molecular weight excluding hydrogens is 371 g/mol. The largest absolute Gasteiger partial charge is 0.353 e. The Labute approximate surface area is 135 Å². The first-order valence-electron chi connectivity index (χ1n) is 6.37. The lowest BCUT2D eigenvalue weighted by atomic mass is 10.2. The van der Waals surface area contributed by atoms with Crippen LogP contribution >= 0.6 is 35.3 Å². The van der Waals surface area contributed by atoms with E-state index in [1.54, 1.807) is 18.4 Å². The van der Waals surface area contributed by atoms with Crippen LogP contribution in [0.1, 0.15) is 30.5 Å². The van der Waals surface area contributed by atoms with Gasteiger partial charge in [0.1, 0.15) is 0 Å². The number of rotatable bonds is 4. The van der Waals surface area contributed by atoms with Crippen LogP contribution in [0, 0.1) is 0 Å². The lowest BCUT2D eigenvalue weighted by Crippen LogP contribution is -2.42. The van der Waals surface area contributed by atoms with Crippen molar-refractivity contribution in [3.8, 4) is 0 Å². The zero-order valence-corrected chi connectivity index (χ0v) is 14.5. The molecule has 1 aromatic heterocycles. The minimum absolute atomic E-state index is 0. The molecule has 1 aliphatic rings. The van der Waals surface area contributed by atoms with Gasteiger partial charge in [-0.1, -0.05) is 19.1 Å². The standard InChI is InChI=1S/C13H20N4S.HI/c1-3-12-16-11(9-18-12)8-15-13(14-2)17-10-6-4-5-7-10;/h4-5,9-10H,3,6-8H2,1-2H3,(H2,14,15,17);1H. The third-order valence-corrected chi connectivity index (χ3v) is 3.95. The predicted molar refractivity (Wildman–Crippen MR) is 92.4 cm³/mol. The van der Waals surface area contributed by atoms with Gasteiger partial charge < -0.3 is 10.6 Å². The molecule has 6 heteroatoms. The van der Waals surface area contributed by atoms with Crippen molar-refractivity contribution in [2.45, 2.75) is 38.8 Å². The number of hydrogen-bond donors (Lipinski definition) is 2. The minimum Gasteiger partial charge on any atom is -0.353 e. The molecular formula is C13H21IN4S. The van der Waals surface area contributed by atoms with E-state index in [0.717, 1.165) is 37.5 Å². The Hall–Kier alpha value is -0.630. The van der Waals surface area contributed by atoms with Gasteiger partial charge in [-0.05, 0) is 19.3 Å². The second-order valence-electron chi connectivity index (χ2n) is 4.30. The second-order valence-corrected chi connectivity index (χ2v) is 5.24. The highest BCUT2D eigenvalue weighted by Gasteiger charge is 2.11. The zero-order chi connectivity index (χ0) is 12.8. The van der Waals surface area contributed by atoms with Crippen molar-refractivity contribution in [2.24, 2.45) is 4.99 Å². The molecule has 106 valence electrons. The Kier molecular flexibility index (Phi) is 7.37. The summed E-state index contributed by atoms with van der Waals surface area (Å²) < 4.78 is 0. The van der Waals surface area contributed by atoms with Crippen molar-refractivity contribution in [1.82, 2.24) is 15.6 Å². The van der Waals surface area contributed by atoms with E-state index in [1.165, 1.54) is 5.01 Å². The molecule has 0 aromatic carbocycles. The summed E-state index contributed by atoms with van der Waals surface area (Å²) in [7, 11) is 1.80. The van der Waals surface area contributed by atoms with Crippen molar-refractivity contribution in [3.63, 3.8) is 0 Å². The number of hydrogen-bond acceptors (Lipinski definition) is 3. The summed E-state index contributed by atoms with van der Waals surface area (Å²) in [5.74, 6) is 0.856. The van der Waals surface area contributed by atoms with Gasteiger partial charge in [0.05, 0.1) is 17.2 Å². The van der Waals surface area contributed by atoms with Crippen LogP contribution in [0.3, 0.4) is 0 Å². The number of nitrogens with zero attached hydrogens (tertiary/aromatic N) is 2. The average molecular weight is 392 g/mol. The van der Waals surface area contributed by atoms with Crippen LogP contribution in [-0.4, -0.2) is 24.0 Å². The van der Waals surface area contributed by atoms with Crippen molar-refractivity contribution in [3.05, 3.63) is 28.2 Å². The maximum atomic E-state index is 4.53. The van der Waals surface area contributed by atoms with Gasteiger partial charge in [0.25, 0.3) is 0 Å². The van der Waals surface area contributed by atoms with Gasteiger partial charge in [0, 0.05) is 18.5 Å². The van der Waals surface area contributed by atoms with Crippen molar-refractivity contribution >= 4 is 41.3 Å². The molecule has 0 spiro atoms. The topological polar surface area (TPSA) is 49.3 Å².